The summed E-state index contributed by atoms with van der Waals surface area (Å²) in [5.41, 5.74) is 1.67. The minimum atomic E-state index is 0.371. The van der Waals surface area contributed by atoms with Crippen LogP contribution in [-0.2, 0) is 0 Å². The predicted octanol–water partition coefficient (Wildman–Crippen LogP) is 4.12. The van der Waals surface area contributed by atoms with E-state index in [1.807, 2.05) is 0 Å². The summed E-state index contributed by atoms with van der Waals surface area (Å²) >= 11 is 5.26. The minimum absolute atomic E-state index is 0.371. The van der Waals surface area contributed by atoms with Crippen LogP contribution in [0.3, 0.4) is 0 Å². The van der Waals surface area contributed by atoms with Gasteiger partial charge in [-0.25, -0.2) is 4.72 Å². The van der Waals surface area contributed by atoms with Crippen LogP contribution >= 0.6 is 28.1 Å². The molecule has 1 aromatic carbocycles. The van der Waals surface area contributed by atoms with Crippen molar-refractivity contribution in [2.45, 2.75) is 37.6 Å². The Hall–Kier alpha value is -0.190. The highest BCUT2D eigenvalue weighted by atomic mass is 79.9. The molecule has 2 nitrogen and oxygen atoms in total. The Morgan fingerprint density at radius 3 is 2.53 bits per heavy atom. The third kappa shape index (κ3) is 2.49. The van der Waals surface area contributed by atoms with Crippen LogP contribution < -0.4 is 9.03 Å². The van der Waals surface area contributed by atoms with Gasteiger partial charge in [0, 0.05) is 34.4 Å². The summed E-state index contributed by atoms with van der Waals surface area (Å²) in [5.74, 6) is 0. The fourth-order valence-corrected chi connectivity index (χ4v) is 4.11. The van der Waals surface area contributed by atoms with Crippen molar-refractivity contribution < 1.29 is 0 Å². The summed E-state index contributed by atoms with van der Waals surface area (Å²) in [5, 5.41) is 0. The zero-order valence-corrected chi connectivity index (χ0v) is 12.2. The number of benzene rings is 1. The van der Waals surface area contributed by atoms with Gasteiger partial charge in [0.05, 0.1) is 0 Å². The number of nitrogens with one attached hydrogen (secondary N) is 1. The molecule has 1 N–H and O–H groups in total. The highest BCUT2D eigenvalue weighted by molar-refractivity contribution is 9.10. The first-order valence-corrected chi connectivity index (χ1v) is 7.81. The van der Waals surface area contributed by atoms with Gasteiger partial charge >= 0.3 is 0 Å². The SMILES string of the molecule is Brc1ccc(N2CC3(CCCCC3)NS2)cc1. The molecule has 1 saturated carbocycles. The molecule has 1 saturated heterocycles. The maximum atomic E-state index is 3.67. The number of rotatable bonds is 1. The molecule has 0 aromatic heterocycles. The monoisotopic (exact) mass is 312 g/mol. The first kappa shape index (κ1) is 11.9. The van der Waals surface area contributed by atoms with Gasteiger partial charge in [0.2, 0.25) is 0 Å². The fraction of sp³-hybridized carbons (Fsp3) is 0.538. The maximum absolute atomic E-state index is 3.67. The molecule has 2 aliphatic rings. The largest absolute Gasteiger partial charge is 0.302 e. The van der Waals surface area contributed by atoms with Gasteiger partial charge in [0.1, 0.15) is 0 Å². The molecule has 0 amide bonds. The van der Waals surface area contributed by atoms with Gasteiger partial charge in [0.15, 0.2) is 0 Å². The molecule has 1 spiro atoms. The molecular formula is C13H17BrN2S. The molecule has 2 fully saturated rings. The second-order valence-electron chi connectivity index (χ2n) is 5.05. The molecule has 0 atom stereocenters. The zero-order chi connectivity index (χ0) is 11.7. The van der Waals surface area contributed by atoms with E-state index < -0.39 is 0 Å². The van der Waals surface area contributed by atoms with Crippen molar-refractivity contribution >= 4 is 33.8 Å². The predicted molar refractivity (Wildman–Crippen MR) is 78.0 cm³/mol. The first-order chi connectivity index (χ1) is 8.27. The third-order valence-corrected chi connectivity index (χ3v) is 5.36. The van der Waals surface area contributed by atoms with Crippen molar-refractivity contribution in [2.24, 2.45) is 0 Å². The van der Waals surface area contributed by atoms with E-state index in [2.05, 4.69) is 49.2 Å². The fourth-order valence-electron chi connectivity index (χ4n) is 2.73. The van der Waals surface area contributed by atoms with E-state index in [0.29, 0.717) is 5.54 Å². The maximum Gasteiger partial charge on any atom is 0.0499 e. The van der Waals surface area contributed by atoms with Crippen molar-refractivity contribution in [1.29, 1.82) is 0 Å². The van der Waals surface area contributed by atoms with E-state index in [9.17, 15) is 0 Å². The lowest BCUT2D eigenvalue weighted by molar-refractivity contribution is 0.297. The van der Waals surface area contributed by atoms with Gasteiger partial charge in [0.25, 0.3) is 0 Å². The lowest BCUT2D eigenvalue weighted by atomic mass is 9.82. The highest BCUT2D eigenvalue weighted by Gasteiger charge is 2.39. The van der Waals surface area contributed by atoms with Gasteiger partial charge in [-0.15, -0.1) is 0 Å². The van der Waals surface area contributed by atoms with E-state index in [1.165, 1.54) is 37.8 Å². The lowest BCUT2D eigenvalue weighted by Crippen LogP contribution is -2.43. The second-order valence-corrected chi connectivity index (χ2v) is 6.79. The topological polar surface area (TPSA) is 15.3 Å². The normalized spacial score (nSPS) is 23.2. The Morgan fingerprint density at radius 2 is 1.82 bits per heavy atom. The van der Waals surface area contributed by atoms with Crippen molar-refractivity contribution in [3.05, 3.63) is 28.7 Å². The van der Waals surface area contributed by atoms with E-state index in [0.717, 1.165) is 11.0 Å². The minimum Gasteiger partial charge on any atom is -0.302 e. The van der Waals surface area contributed by atoms with Gasteiger partial charge in [-0.1, -0.05) is 35.2 Å². The average molecular weight is 313 g/mol. The number of hydrogen-bond acceptors (Lipinski definition) is 3. The molecule has 1 aromatic rings. The van der Waals surface area contributed by atoms with Gasteiger partial charge in [-0.05, 0) is 37.1 Å². The van der Waals surface area contributed by atoms with Gasteiger partial charge < -0.3 is 4.31 Å². The van der Waals surface area contributed by atoms with E-state index >= 15 is 0 Å². The number of halogens is 1. The van der Waals surface area contributed by atoms with Crippen LogP contribution in [0.1, 0.15) is 32.1 Å². The smallest absolute Gasteiger partial charge is 0.0499 e. The van der Waals surface area contributed by atoms with Crippen molar-refractivity contribution in [3.63, 3.8) is 0 Å². The van der Waals surface area contributed by atoms with Crippen molar-refractivity contribution in [3.8, 4) is 0 Å². The number of anilines is 1. The summed E-state index contributed by atoms with van der Waals surface area (Å²) in [6.07, 6.45) is 6.82. The molecule has 0 radical (unpaired) electrons. The van der Waals surface area contributed by atoms with E-state index in [1.54, 1.807) is 12.1 Å². The molecule has 3 rings (SSSR count). The summed E-state index contributed by atoms with van der Waals surface area (Å²) in [6, 6.07) is 8.59. The molecule has 17 heavy (non-hydrogen) atoms. The third-order valence-electron chi connectivity index (χ3n) is 3.74. The quantitative estimate of drug-likeness (QED) is 0.785. The molecule has 1 heterocycles. The van der Waals surface area contributed by atoms with Crippen molar-refractivity contribution in [2.75, 3.05) is 10.8 Å². The summed E-state index contributed by atoms with van der Waals surface area (Å²) in [7, 11) is 0. The lowest BCUT2D eigenvalue weighted by Gasteiger charge is -2.32. The van der Waals surface area contributed by atoms with Crippen LogP contribution in [0.2, 0.25) is 0 Å². The molecule has 0 bridgehead atoms. The second kappa shape index (κ2) is 4.82. The number of hydrogen-bond donors (Lipinski definition) is 1. The first-order valence-electron chi connectivity index (χ1n) is 6.25. The van der Waals surface area contributed by atoms with Crippen LogP contribution in [0.5, 0.6) is 0 Å². The zero-order valence-electron chi connectivity index (χ0n) is 9.79. The highest BCUT2D eigenvalue weighted by Crippen LogP contribution is 2.39. The summed E-state index contributed by atoms with van der Waals surface area (Å²) < 4.78 is 7.20. The van der Waals surface area contributed by atoms with E-state index in [-0.39, 0.29) is 0 Å². The molecule has 1 aliphatic carbocycles. The standard InChI is InChI=1S/C13H17BrN2S/c14-11-4-6-12(7-5-11)16-10-13(15-17-16)8-2-1-3-9-13/h4-7,15H,1-3,8-10H2. The van der Waals surface area contributed by atoms with Crippen molar-refractivity contribution in [1.82, 2.24) is 4.72 Å². The van der Waals surface area contributed by atoms with Crippen LogP contribution in [0.25, 0.3) is 0 Å². The van der Waals surface area contributed by atoms with Gasteiger partial charge in [-0.2, -0.15) is 0 Å². The van der Waals surface area contributed by atoms with Crippen LogP contribution in [0, 0.1) is 0 Å². The van der Waals surface area contributed by atoms with Crippen LogP contribution in [0.15, 0.2) is 28.7 Å². The Morgan fingerprint density at radius 1 is 1.12 bits per heavy atom. The van der Waals surface area contributed by atoms with E-state index in [4.69, 9.17) is 0 Å². The van der Waals surface area contributed by atoms with Gasteiger partial charge in [-0.3, -0.25) is 0 Å². The summed E-state index contributed by atoms with van der Waals surface area (Å²) in [4.78, 5) is 0. The molecule has 0 unspecified atom stereocenters. The van der Waals surface area contributed by atoms with Crippen LogP contribution in [0.4, 0.5) is 5.69 Å². The number of nitrogens with zero attached hydrogens (tertiary/aromatic N) is 1. The average Bonchev–Trinajstić information content (AvgIpc) is 2.75. The Balaban J connectivity index is 1.72. The molecule has 92 valence electrons. The molecule has 4 heteroatoms. The molecular weight excluding hydrogens is 296 g/mol. The Bertz CT molecular complexity index is 387. The Kier molecular flexibility index (Phi) is 3.37. The summed E-state index contributed by atoms with van der Waals surface area (Å²) in [6.45, 7) is 1.14. The van der Waals surface area contributed by atoms with Crippen LogP contribution in [-0.4, -0.2) is 12.1 Å². The Labute approximate surface area is 116 Å². The molecule has 1 aliphatic heterocycles.